The Hall–Kier alpha value is -1.10. The van der Waals surface area contributed by atoms with Gasteiger partial charge in [0.15, 0.2) is 5.13 Å². The van der Waals surface area contributed by atoms with E-state index in [9.17, 15) is 8.42 Å². The van der Waals surface area contributed by atoms with E-state index in [1.807, 2.05) is 0 Å². The van der Waals surface area contributed by atoms with Crippen molar-refractivity contribution in [3.8, 4) is 11.8 Å². The van der Waals surface area contributed by atoms with Gasteiger partial charge in [-0.05, 0) is 6.42 Å². The first-order valence-electron chi connectivity index (χ1n) is 5.19. The SMILES string of the molecule is O=S1(=O)CCCN1c1ncc(C#CCCO)s1. The van der Waals surface area contributed by atoms with Crippen molar-refractivity contribution in [2.45, 2.75) is 12.8 Å². The molecular weight excluding hydrogens is 260 g/mol. The number of hydrogen-bond acceptors (Lipinski definition) is 5. The Morgan fingerprint density at radius 3 is 3.06 bits per heavy atom. The number of anilines is 1. The van der Waals surface area contributed by atoms with Gasteiger partial charge in [0.05, 0.1) is 23.4 Å². The lowest BCUT2D eigenvalue weighted by Gasteiger charge is -2.11. The van der Waals surface area contributed by atoms with Crippen LogP contribution in [0.4, 0.5) is 5.13 Å². The average Bonchev–Trinajstić information content (AvgIpc) is 2.85. The van der Waals surface area contributed by atoms with Gasteiger partial charge in [-0.1, -0.05) is 23.2 Å². The molecule has 0 radical (unpaired) electrons. The molecule has 0 spiro atoms. The first kappa shape index (κ1) is 12.4. The molecule has 1 aromatic rings. The highest BCUT2D eigenvalue weighted by Gasteiger charge is 2.30. The van der Waals surface area contributed by atoms with E-state index in [0.29, 0.717) is 24.5 Å². The smallest absolute Gasteiger partial charge is 0.236 e. The van der Waals surface area contributed by atoms with Crippen molar-refractivity contribution in [2.24, 2.45) is 0 Å². The molecule has 0 bridgehead atoms. The second-order valence-corrected chi connectivity index (χ2v) is 6.55. The molecule has 1 fully saturated rings. The van der Waals surface area contributed by atoms with Gasteiger partial charge in [0.2, 0.25) is 10.0 Å². The lowest BCUT2D eigenvalue weighted by molar-refractivity contribution is 0.305. The highest BCUT2D eigenvalue weighted by Crippen LogP contribution is 2.28. The van der Waals surface area contributed by atoms with E-state index < -0.39 is 10.0 Å². The number of aliphatic hydroxyl groups excluding tert-OH is 1. The number of aliphatic hydroxyl groups is 1. The van der Waals surface area contributed by atoms with Gasteiger partial charge in [0.25, 0.3) is 0 Å². The zero-order valence-electron chi connectivity index (χ0n) is 9.09. The van der Waals surface area contributed by atoms with Gasteiger partial charge >= 0.3 is 0 Å². The summed E-state index contributed by atoms with van der Waals surface area (Å²) in [6, 6.07) is 0. The van der Waals surface area contributed by atoms with E-state index in [0.717, 1.165) is 4.88 Å². The molecule has 1 saturated heterocycles. The Bertz CT molecular complexity index is 554. The van der Waals surface area contributed by atoms with Crippen molar-refractivity contribution in [1.29, 1.82) is 0 Å². The highest BCUT2D eigenvalue weighted by molar-refractivity contribution is 7.93. The molecule has 2 rings (SSSR count). The van der Waals surface area contributed by atoms with E-state index in [1.54, 1.807) is 6.20 Å². The van der Waals surface area contributed by atoms with Crippen LogP contribution in [0.1, 0.15) is 17.7 Å². The quantitative estimate of drug-likeness (QED) is 0.792. The van der Waals surface area contributed by atoms with Gasteiger partial charge in [-0.2, -0.15) is 0 Å². The van der Waals surface area contributed by atoms with Crippen molar-refractivity contribution in [3.05, 3.63) is 11.1 Å². The van der Waals surface area contributed by atoms with Crippen LogP contribution in [0.25, 0.3) is 0 Å². The summed E-state index contributed by atoms with van der Waals surface area (Å²) >= 11 is 1.26. The summed E-state index contributed by atoms with van der Waals surface area (Å²) in [4.78, 5) is 4.79. The molecule has 7 heteroatoms. The second kappa shape index (κ2) is 5.04. The molecule has 17 heavy (non-hydrogen) atoms. The molecule has 0 atom stereocenters. The summed E-state index contributed by atoms with van der Waals surface area (Å²) in [5, 5.41) is 9.07. The van der Waals surface area contributed by atoms with Crippen LogP contribution in [0.3, 0.4) is 0 Å². The molecule has 0 aromatic carbocycles. The fourth-order valence-corrected chi connectivity index (χ4v) is 4.08. The van der Waals surface area contributed by atoms with Crippen molar-refractivity contribution in [2.75, 3.05) is 23.2 Å². The summed E-state index contributed by atoms with van der Waals surface area (Å²) in [6.45, 7) is 0.526. The topological polar surface area (TPSA) is 70.5 Å². The average molecular weight is 272 g/mol. The number of hydrogen-bond donors (Lipinski definition) is 1. The molecule has 5 nitrogen and oxygen atoms in total. The fourth-order valence-electron chi connectivity index (χ4n) is 1.50. The third kappa shape index (κ3) is 2.77. The highest BCUT2D eigenvalue weighted by atomic mass is 32.2. The predicted octanol–water partition coefficient (Wildman–Crippen LogP) is 0.417. The molecule has 0 aliphatic carbocycles. The maximum absolute atomic E-state index is 11.7. The van der Waals surface area contributed by atoms with Crippen LogP contribution in [-0.2, 0) is 10.0 Å². The monoisotopic (exact) mass is 272 g/mol. The van der Waals surface area contributed by atoms with E-state index in [2.05, 4.69) is 16.8 Å². The molecule has 1 N–H and O–H groups in total. The molecule has 92 valence electrons. The Morgan fingerprint density at radius 1 is 1.59 bits per heavy atom. The van der Waals surface area contributed by atoms with Gasteiger partial charge < -0.3 is 5.11 Å². The molecule has 0 amide bonds. The summed E-state index contributed by atoms with van der Waals surface area (Å²) in [7, 11) is -3.16. The van der Waals surface area contributed by atoms with Gasteiger partial charge in [-0.3, -0.25) is 0 Å². The minimum absolute atomic E-state index is 0.0269. The second-order valence-electron chi connectivity index (χ2n) is 3.52. The van der Waals surface area contributed by atoms with Crippen LogP contribution in [0.2, 0.25) is 0 Å². The maximum Gasteiger partial charge on any atom is 0.236 e. The fraction of sp³-hybridized carbons (Fsp3) is 0.500. The van der Waals surface area contributed by atoms with Crippen LogP contribution < -0.4 is 4.31 Å². The summed E-state index contributed by atoms with van der Waals surface area (Å²) in [5.41, 5.74) is 0. The third-order valence-corrected chi connectivity index (χ3v) is 5.14. The number of thiazole rings is 1. The van der Waals surface area contributed by atoms with Crippen molar-refractivity contribution < 1.29 is 13.5 Å². The molecule has 0 unspecified atom stereocenters. The largest absolute Gasteiger partial charge is 0.395 e. The Labute approximate surface area is 104 Å². The molecule has 2 heterocycles. The molecule has 1 aliphatic rings. The van der Waals surface area contributed by atoms with Gasteiger partial charge in [0, 0.05) is 13.0 Å². The molecule has 1 aromatic heterocycles. The zero-order valence-corrected chi connectivity index (χ0v) is 10.7. The maximum atomic E-state index is 11.7. The van der Waals surface area contributed by atoms with Crippen LogP contribution >= 0.6 is 11.3 Å². The molecule has 0 saturated carbocycles. The number of aromatic nitrogens is 1. The van der Waals surface area contributed by atoms with E-state index in [4.69, 9.17) is 5.11 Å². The minimum Gasteiger partial charge on any atom is -0.395 e. The number of rotatable bonds is 2. The van der Waals surface area contributed by atoms with Crippen molar-refractivity contribution in [1.82, 2.24) is 4.98 Å². The van der Waals surface area contributed by atoms with E-state index in [-0.39, 0.29) is 12.4 Å². The van der Waals surface area contributed by atoms with Crippen LogP contribution in [-0.4, -0.2) is 37.4 Å². The van der Waals surface area contributed by atoms with E-state index in [1.165, 1.54) is 15.6 Å². The van der Waals surface area contributed by atoms with Crippen LogP contribution in [0.15, 0.2) is 6.20 Å². The Kier molecular flexibility index (Phi) is 3.66. The molecule has 1 aliphatic heterocycles. The van der Waals surface area contributed by atoms with Crippen LogP contribution in [0, 0.1) is 11.8 Å². The normalized spacial score (nSPS) is 17.8. The Morgan fingerprint density at radius 2 is 2.41 bits per heavy atom. The van der Waals surface area contributed by atoms with Gasteiger partial charge in [-0.25, -0.2) is 17.7 Å². The standard InChI is InChI=1S/C10H12N2O3S2/c13-6-2-1-4-9-8-11-10(16-9)12-5-3-7-17(12,14)15/h8,13H,2-3,5-7H2. The van der Waals surface area contributed by atoms with Gasteiger partial charge in [-0.15, -0.1) is 0 Å². The minimum atomic E-state index is -3.16. The third-order valence-electron chi connectivity index (χ3n) is 2.25. The lowest BCUT2D eigenvalue weighted by Crippen LogP contribution is -2.24. The molecular formula is C10H12N2O3S2. The van der Waals surface area contributed by atoms with Crippen molar-refractivity contribution >= 4 is 26.5 Å². The lowest BCUT2D eigenvalue weighted by atomic mass is 10.4. The predicted molar refractivity (Wildman–Crippen MR) is 66.4 cm³/mol. The number of nitrogens with zero attached hydrogens (tertiary/aromatic N) is 2. The van der Waals surface area contributed by atoms with Gasteiger partial charge in [0.1, 0.15) is 0 Å². The van der Waals surface area contributed by atoms with Crippen LogP contribution in [0.5, 0.6) is 0 Å². The Balaban J connectivity index is 2.17. The number of sulfonamides is 1. The van der Waals surface area contributed by atoms with Crippen molar-refractivity contribution in [3.63, 3.8) is 0 Å². The first-order chi connectivity index (χ1) is 8.13. The summed E-state index contributed by atoms with van der Waals surface area (Å²) in [6.07, 6.45) is 2.63. The summed E-state index contributed by atoms with van der Waals surface area (Å²) in [5.74, 6) is 5.81. The van der Waals surface area contributed by atoms with E-state index >= 15 is 0 Å². The summed E-state index contributed by atoms with van der Waals surface area (Å²) < 4.78 is 24.7. The first-order valence-corrected chi connectivity index (χ1v) is 7.62. The zero-order chi connectivity index (χ0) is 12.3.